The van der Waals surface area contributed by atoms with Crippen LogP contribution in [-0.2, 0) is 4.79 Å². The summed E-state index contributed by atoms with van der Waals surface area (Å²) < 4.78 is 38.2. The zero-order valence-corrected chi connectivity index (χ0v) is 13.3. The van der Waals surface area contributed by atoms with Crippen LogP contribution in [0.2, 0.25) is 0 Å². The molecule has 1 atom stereocenters. The molecule has 124 valence electrons. The molecular weight excluding hydrogens is 329 g/mol. The number of thioether (sulfide) groups is 1. The SMILES string of the molecule is Cc1nnc(SC(C)C(=O)NCC(F)(F)F)n1-c1ccccc1. The number of alkyl halides is 3. The molecule has 23 heavy (non-hydrogen) atoms. The summed E-state index contributed by atoms with van der Waals surface area (Å²) in [6.07, 6.45) is -4.43. The number of rotatable bonds is 5. The van der Waals surface area contributed by atoms with E-state index in [1.807, 2.05) is 35.6 Å². The third-order valence-corrected chi connectivity index (χ3v) is 3.97. The average Bonchev–Trinajstić information content (AvgIpc) is 2.85. The number of carbonyl (C=O) groups excluding carboxylic acids is 1. The van der Waals surface area contributed by atoms with Gasteiger partial charge in [-0.1, -0.05) is 30.0 Å². The molecule has 2 aromatic rings. The molecule has 2 rings (SSSR count). The van der Waals surface area contributed by atoms with Gasteiger partial charge in [-0.15, -0.1) is 10.2 Å². The maximum atomic E-state index is 12.1. The van der Waals surface area contributed by atoms with Crippen molar-refractivity contribution >= 4 is 17.7 Å². The van der Waals surface area contributed by atoms with Gasteiger partial charge in [0.05, 0.1) is 5.25 Å². The van der Waals surface area contributed by atoms with Crippen LogP contribution in [0.5, 0.6) is 0 Å². The van der Waals surface area contributed by atoms with E-state index in [-0.39, 0.29) is 0 Å². The lowest BCUT2D eigenvalue weighted by Crippen LogP contribution is -2.38. The Bertz CT molecular complexity index is 672. The molecule has 9 heteroatoms. The number of hydrogen-bond donors (Lipinski definition) is 1. The molecule has 0 aliphatic rings. The lowest BCUT2D eigenvalue weighted by Gasteiger charge is -2.14. The van der Waals surface area contributed by atoms with E-state index >= 15 is 0 Å². The Morgan fingerprint density at radius 3 is 2.57 bits per heavy atom. The Morgan fingerprint density at radius 1 is 1.30 bits per heavy atom. The lowest BCUT2D eigenvalue weighted by atomic mass is 10.3. The van der Waals surface area contributed by atoms with E-state index < -0.39 is 23.9 Å². The molecule has 0 aliphatic carbocycles. The molecule has 0 saturated heterocycles. The number of aromatic nitrogens is 3. The highest BCUT2D eigenvalue weighted by atomic mass is 32.2. The van der Waals surface area contributed by atoms with Gasteiger partial charge in [0.15, 0.2) is 5.16 Å². The van der Waals surface area contributed by atoms with Gasteiger partial charge in [-0.25, -0.2) is 0 Å². The van der Waals surface area contributed by atoms with Gasteiger partial charge >= 0.3 is 6.18 Å². The molecule has 0 saturated carbocycles. The van der Waals surface area contributed by atoms with Crippen LogP contribution in [-0.4, -0.2) is 38.6 Å². The molecule has 0 radical (unpaired) electrons. The quantitative estimate of drug-likeness (QED) is 0.848. The lowest BCUT2D eigenvalue weighted by molar-refractivity contribution is -0.137. The zero-order chi connectivity index (χ0) is 17.0. The Labute approximate surface area is 135 Å². The molecule has 0 aliphatic heterocycles. The van der Waals surface area contributed by atoms with Crippen molar-refractivity contribution in [1.82, 2.24) is 20.1 Å². The van der Waals surface area contributed by atoms with Gasteiger partial charge in [-0.3, -0.25) is 9.36 Å². The fourth-order valence-electron chi connectivity index (χ4n) is 1.84. The summed E-state index contributed by atoms with van der Waals surface area (Å²) in [4.78, 5) is 11.8. The monoisotopic (exact) mass is 344 g/mol. The number of carbonyl (C=O) groups is 1. The summed E-state index contributed by atoms with van der Waals surface area (Å²) in [6.45, 7) is 1.94. The highest BCUT2D eigenvalue weighted by molar-refractivity contribution is 8.00. The van der Waals surface area contributed by atoms with E-state index in [0.29, 0.717) is 11.0 Å². The van der Waals surface area contributed by atoms with Crippen LogP contribution in [0.3, 0.4) is 0 Å². The third kappa shape index (κ3) is 4.72. The highest BCUT2D eigenvalue weighted by Gasteiger charge is 2.29. The summed E-state index contributed by atoms with van der Waals surface area (Å²) in [5.74, 6) is -0.0748. The van der Waals surface area contributed by atoms with Crippen molar-refractivity contribution in [1.29, 1.82) is 0 Å². The number of nitrogens with one attached hydrogen (secondary N) is 1. The summed E-state index contributed by atoms with van der Waals surface area (Å²) >= 11 is 1.05. The first-order chi connectivity index (χ1) is 10.8. The predicted molar refractivity (Wildman–Crippen MR) is 80.5 cm³/mol. The van der Waals surface area contributed by atoms with Crippen molar-refractivity contribution in [3.8, 4) is 5.69 Å². The Balaban J connectivity index is 2.10. The fraction of sp³-hybridized carbons (Fsp3) is 0.357. The standard InChI is InChI=1S/C14H15F3N4OS/c1-9(12(22)18-8-14(15,16)17)23-13-20-19-10(2)21(13)11-6-4-3-5-7-11/h3-7,9H,8H2,1-2H3,(H,18,22). The van der Waals surface area contributed by atoms with Crippen molar-refractivity contribution in [2.24, 2.45) is 0 Å². The van der Waals surface area contributed by atoms with E-state index in [0.717, 1.165) is 17.4 Å². The van der Waals surface area contributed by atoms with Crippen LogP contribution in [0, 0.1) is 6.92 Å². The molecule has 5 nitrogen and oxygen atoms in total. The summed E-state index contributed by atoms with van der Waals surface area (Å²) in [7, 11) is 0. The minimum atomic E-state index is -4.43. The van der Waals surface area contributed by atoms with Crippen molar-refractivity contribution in [3.05, 3.63) is 36.2 Å². The van der Waals surface area contributed by atoms with Crippen LogP contribution in [0.4, 0.5) is 13.2 Å². The summed E-state index contributed by atoms with van der Waals surface area (Å²) in [6, 6.07) is 9.28. The number of nitrogens with zero attached hydrogens (tertiary/aromatic N) is 3. The van der Waals surface area contributed by atoms with Crippen molar-refractivity contribution in [2.75, 3.05) is 6.54 Å². The second kappa shape index (κ2) is 7.03. The molecule has 1 amide bonds. The zero-order valence-electron chi connectivity index (χ0n) is 12.5. The highest BCUT2D eigenvalue weighted by Crippen LogP contribution is 2.25. The molecule has 0 spiro atoms. The number of hydrogen-bond acceptors (Lipinski definition) is 4. The molecule has 0 bridgehead atoms. The van der Waals surface area contributed by atoms with E-state index in [1.165, 1.54) is 6.92 Å². The first kappa shape index (κ1) is 17.3. The molecular formula is C14H15F3N4OS. The molecule has 1 unspecified atom stereocenters. The topological polar surface area (TPSA) is 59.8 Å². The maximum absolute atomic E-state index is 12.1. The number of benzene rings is 1. The van der Waals surface area contributed by atoms with Gasteiger partial charge in [0, 0.05) is 5.69 Å². The third-order valence-electron chi connectivity index (χ3n) is 2.92. The molecule has 0 fully saturated rings. The van der Waals surface area contributed by atoms with E-state index in [9.17, 15) is 18.0 Å². The summed E-state index contributed by atoms with van der Waals surface area (Å²) in [5.41, 5.74) is 0.820. The van der Waals surface area contributed by atoms with Crippen LogP contribution >= 0.6 is 11.8 Å². The molecule has 1 aromatic heterocycles. The fourth-order valence-corrected chi connectivity index (χ4v) is 2.77. The Kier molecular flexibility index (Phi) is 5.30. The smallest absolute Gasteiger partial charge is 0.346 e. The summed E-state index contributed by atoms with van der Waals surface area (Å²) in [5, 5.41) is 9.55. The van der Waals surface area contributed by atoms with Crippen LogP contribution in [0.25, 0.3) is 5.69 Å². The van der Waals surface area contributed by atoms with E-state index in [1.54, 1.807) is 11.5 Å². The van der Waals surface area contributed by atoms with Gasteiger partial charge in [-0.2, -0.15) is 13.2 Å². The second-order valence-electron chi connectivity index (χ2n) is 4.79. The van der Waals surface area contributed by atoms with Crippen LogP contribution in [0.15, 0.2) is 35.5 Å². The molecule has 1 aromatic carbocycles. The Hall–Kier alpha value is -2.03. The average molecular weight is 344 g/mol. The number of para-hydroxylation sites is 1. The van der Waals surface area contributed by atoms with Gasteiger partial charge in [-0.05, 0) is 26.0 Å². The second-order valence-corrected chi connectivity index (χ2v) is 6.10. The normalized spacial score (nSPS) is 12.9. The van der Waals surface area contributed by atoms with Gasteiger partial charge in [0.25, 0.3) is 0 Å². The van der Waals surface area contributed by atoms with Crippen molar-refractivity contribution < 1.29 is 18.0 Å². The predicted octanol–water partition coefficient (Wildman–Crippen LogP) is 2.73. The number of halogens is 3. The first-order valence-electron chi connectivity index (χ1n) is 6.76. The van der Waals surface area contributed by atoms with Gasteiger partial charge < -0.3 is 5.32 Å². The first-order valence-corrected chi connectivity index (χ1v) is 7.64. The Morgan fingerprint density at radius 2 is 1.96 bits per heavy atom. The number of amides is 1. The van der Waals surface area contributed by atoms with Crippen LogP contribution < -0.4 is 5.32 Å². The van der Waals surface area contributed by atoms with Crippen molar-refractivity contribution in [2.45, 2.75) is 30.4 Å². The molecule has 1 N–H and O–H groups in total. The van der Waals surface area contributed by atoms with Crippen molar-refractivity contribution in [3.63, 3.8) is 0 Å². The van der Waals surface area contributed by atoms with Gasteiger partial charge in [0.2, 0.25) is 5.91 Å². The van der Waals surface area contributed by atoms with E-state index in [2.05, 4.69) is 10.2 Å². The van der Waals surface area contributed by atoms with Gasteiger partial charge in [0.1, 0.15) is 12.4 Å². The van der Waals surface area contributed by atoms with E-state index in [4.69, 9.17) is 0 Å². The minimum absolute atomic E-state index is 0.448. The van der Waals surface area contributed by atoms with Crippen LogP contribution in [0.1, 0.15) is 12.7 Å². The maximum Gasteiger partial charge on any atom is 0.405 e. The largest absolute Gasteiger partial charge is 0.405 e. The minimum Gasteiger partial charge on any atom is -0.346 e. The molecule has 1 heterocycles. The number of aryl methyl sites for hydroxylation is 1.